The van der Waals surface area contributed by atoms with Gasteiger partial charge in [-0.05, 0) is 31.4 Å². The SMILES string of the molecule is COc1ccccc1NC(=O)C1=C(C)Nc2nc(SC)nn2[C@@H]1c1ccccc1Cl. The third kappa shape index (κ3) is 3.64. The van der Waals surface area contributed by atoms with E-state index in [1.807, 2.05) is 43.5 Å². The number of carbonyl (C=O) groups excluding carboxylic acids is 1. The Kier molecular flexibility index (Phi) is 5.69. The molecule has 0 saturated heterocycles. The van der Waals surface area contributed by atoms with Gasteiger partial charge in [-0.1, -0.05) is 53.7 Å². The number of hydrogen-bond donors (Lipinski definition) is 2. The van der Waals surface area contributed by atoms with E-state index in [9.17, 15) is 4.79 Å². The van der Waals surface area contributed by atoms with Gasteiger partial charge in [-0.2, -0.15) is 4.98 Å². The minimum Gasteiger partial charge on any atom is -0.495 e. The lowest BCUT2D eigenvalue weighted by Gasteiger charge is -2.29. The second kappa shape index (κ2) is 8.41. The molecule has 0 unspecified atom stereocenters. The topological polar surface area (TPSA) is 81.1 Å². The predicted molar refractivity (Wildman–Crippen MR) is 119 cm³/mol. The Bertz CT molecular complexity index is 1140. The van der Waals surface area contributed by atoms with Crippen LogP contribution in [0.5, 0.6) is 5.75 Å². The number of methoxy groups -OCH3 is 1. The molecule has 0 radical (unpaired) electrons. The van der Waals surface area contributed by atoms with E-state index in [-0.39, 0.29) is 5.91 Å². The predicted octanol–water partition coefficient (Wildman–Crippen LogP) is 4.59. The third-order valence-electron chi connectivity index (χ3n) is 4.82. The summed E-state index contributed by atoms with van der Waals surface area (Å²) in [5.41, 5.74) is 2.53. The van der Waals surface area contributed by atoms with E-state index in [4.69, 9.17) is 16.3 Å². The minimum absolute atomic E-state index is 0.277. The molecule has 2 aromatic carbocycles. The standard InChI is InChI=1S/C21H20ClN5O2S/c1-12-17(19(28)24-15-10-6-7-11-16(15)29-2)18(13-8-4-5-9-14(13)22)27-20(23-12)25-21(26-27)30-3/h4-11,18H,1-3H3,(H,24,28)(H,23,25,26)/t18-/m1/s1. The number of aromatic nitrogens is 3. The Morgan fingerprint density at radius 2 is 1.97 bits per heavy atom. The van der Waals surface area contributed by atoms with Crippen LogP contribution in [-0.2, 0) is 4.79 Å². The molecule has 154 valence electrons. The van der Waals surface area contributed by atoms with Crippen molar-refractivity contribution in [1.82, 2.24) is 14.8 Å². The van der Waals surface area contributed by atoms with Crippen molar-refractivity contribution < 1.29 is 9.53 Å². The molecule has 9 heteroatoms. The van der Waals surface area contributed by atoms with Crippen molar-refractivity contribution in [3.63, 3.8) is 0 Å². The molecule has 1 atom stereocenters. The molecular formula is C21H20ClN5O2S. The lowest BCUT2D eigenvalue weighted by atomic mass is 9.95. The zero-order valence-corrected chi connectivity index (χ0v) is 18.2. The summed E-state index contributed by atoms with van der Waals surface area (Å²) in [7, 11) is 1.57. The number of allylic oxidation sites excluding steroid dienone is 1. The molecule has 1 aliphatic rings. The smallest absolute Gasteiger partial charge is 0.255 e. The first-order chi connectivity index (χ1) is 14.5. The van der Waals surface area contributed by atoms with Gasteiger partial charge in [-0.25, -0.2) is 4.68 Å². The van der Waals surface area contributed by atoms with Crippen LogP contribution in [0.3, 0.4) is 0 Å². The highest BCUT2D eigenvalue weighted by Crippen LogP contribution is 2.39. The molecule has 0 aliphatic carbocycles. The summed E-state index contributed by atoms with van der Waals surface area (Å²) >= 11 is 7.96. The van der Waals surface area contributed by atoms with E-state index in [0.29, 0.717) is 38.8 Å². The highest BCUT2D eigenvalue weighted by Gasteiger charge is 2.35. The number of nitrogens with zero attached hydrogens (tertiary/aromatic N) is 3. The maximum Gasteiger partial charge on any atom is 0.255 e. The Balaban J connectivity index is 1.81. The number of amides is 1. The Hall–Kier alpha value is -2.97. The van der Waals surface area contributed by atoms with Crippen LogP contribution >= 0.6 is 23.4 Å². The van der Waals surface area contributed by atoms with Crippen molar-refractivity contribution in [3.05, 3.63) is 70.4 Å². The van der Waals surface area contributed by atoms with Gasteiger partial charge >= 0.3 is 0 Å². The molecule has 0 bridgehead atoms. The molecule has 0 fully saturated rings. The first kappa shape index (κ1) is 20.3. The molecule has 2 N–H and O–H groups in total. The Labute approximate surface area is 183 Å². The number of carbonyl (C=O) groups is 1. The molecule has 1 aliphatic heterocycles. The van der Waals surface area contributed by atoms with E-state index in [1.54, 1.807) is 30.0 Å². The van der Waals surface area contributed by atoms with Crippen LogP contribution in [0.15, 0.2) is 65.0 Å². The van der Waals surface area contributed by atoms with Crippen molar-refractivity contribution in [2.75, 3.05) is 24.0 Å². The maximum absolute atomic E-state index is 13.5. The molecule has 30 heavy (non-hydrogen) atoms. The van der Waals surface area contributed by atoms with E-state index in [2.05, 4.69) is 20.7 Å². The molecule has 1 amide bonds. The maximum atomic E-state index is 13.5. The Morgan fingerprint density at radius 3 is 2.70 bits per heavy atom. The van der Waals surface area contributed by atoms with Crippen molar-refractivity contribution in [1.29, 1.82) is 0 Å². The largest absolute Gasteiger partial charge is 0.495 e. The molecule has 2 heterocycles. The van der Waals surface area contributed by atoms with Crippen molar-refractivity contribution >= 4 is 40.9 Å². The van der Waals surface area contributed by atoms with Crippen LogP contribution in [0.2, 0.25) is 5.02 Å². The first-order valence-corrected chi connectivity index (χ1v) is 10.8. The molecule has 1 aromatic heterocycles. The zero-order valence-electron chi connectivity index (χ0n) is 16.6. The number of fused-ring (bicyclic) bond motifs is 1. The van der Waals surface area contributed by atoms with Gasteiger partial charge in [0.15, 0.2) is 0 Å². The average molecular weight is 442 g/mol. The normalized spacial score (nSPS) is 15.4. The van der Waals surface area contributed by atoms with Crippen LogP contribution in [0.4, 0.5) is 11.6 Å². The van der Waals surface area contributed by atoms with Gasteiger partial charge in [-0.3, -0.25) is 4.79 Å². The van der Waals surface area contributed by atoms with Gasteiger partial charge < -0.3 is 15.4 Å². The lowest BCUT2D eigenvalue weighted by Crippen LogP contribution is -2.31. The number of anilines is 2. The zero-order chi connectivity index (χ0) is 21.3. The van der Waals surface area contributed by atoms with Gasteiger partial charge in [0, 0.05) is 16.3 Å². The third-order valence-corrected chi connectivity index (χ3v) is 5.70. The fourth-order valence-electron chi connectivity index (χ4n) is 3.43. The lowest BCUT2D eigenvalue weighted by molar-refractivity contribution is -0.113. The quantitative estimate of drug-likeness (QED) is 0.563. The highest BCUT2D eigenvalue weighted by molar-refractivity contribution is 7.98. The number of benzene rings is 2. The van der Waals surface area contributed by atoms with Gasteiger partial charge in [0.2, 0.25) is 11.1 Å². The summed E-state index contributed by atoms with van der Waals surface area (Å²) < 4.78 is 7.07. The number of para-hydroxylation sites is 2. The number of ether oxygens (including phenoxy) is 1. The first-order valence-electron chi connectivity index (χ1n) is 9.20. The van der Waals surface area contributed by atoms with E-state index in [0.717, 1.165) is 5.56 Å². The summed E-state index contributed by atoms with van der Waals surface area (Å²) in [6.07, 6.45) is 1.90. The average Bonchev–Trinajstić information content (AvgIpc) is 3.16. The van der Waals surface area contributed by atoms with E-state index in [1.165, 1.54) is 11.8 Å². The summed E-state index contributed by atoms with van der Waals surface area (Å²) in [6.45, 7) is 1.85. The van der Waals surface area contributed by atoms with Gasteiger partial charge in [-0.15, -0.1) is 5.10 Å². The van der Waals surface area contributed by atoms with Crippen molar-refractivity contribution in [2.45, 2.75) is 18.1 Å². The van der Waals surface area contributed by atoms with Crippen LogP contribution in [0, 0.1) is 0 Å². The number of halogens is 1. The number of hydrogen-bond acceptors (Lipinski definition) is 6. The monoisotopic (exact) mass is 441 g/mol. The van der Waals surface area contributed by atoms with E-state index >= 15 is 0 Å². The summed E-state index contributed by atoms with van der Waals surface area (Å²) in [5.74, 6) is 0.866. The van der Waals surface area contributed by atoms with Gasteiger partial charge in [0.1, 0.15) is 11.8 Å². The van der Waals surface area contributed by atoms with E-state index < -0.39 is 6.04 Å². The van der Waals surface area contributed by atoms with Crippen LogP contribution in [0.25, 0.3) is 0 Å². The molecule has 0 spiro atoms. The number of rotatable bonds is 5. The molecule has 0 saturated carbocycles. The number of thioether (sulfide) groups is 1. The number of nitrogens with one attached hydrogen (secondary N) is 2. The molecular weight excluding hydrogens is 422 g/mol. The Morgan fingerprint density at radius 1 is 1.23 bits per heavy atom. The van der Waals surface area contributed by atoms with Crippen molar-refractivity contribution in [2.24, 2.45) is 0 Å². The molecule has 3 aromatic rings. The summed E-state index contributed by atoms with van der Waals surface area (Å²) in [4.78, 5) is 18.0. The van der Waals surface area contributed by atoms with Gasteiger partial charge in [0.05, 0.1) is 18.4 Å². The van der Waals surface area contributed by atoms with Crippen LogP contribution < -0.4 is 15.4 Å². The van der Waals surface area contributed by atoms with Gasteiger partial charge in [0.25, 0.3) is 5.91 Å². The summed E-state index contributed by atoms with van der Waals surface area (Å²) in [6, 6.07) is 14.2. The van der Waals surface area contributed by atoms with Crippen LogP contribution in [0.1, 0.15) is 18.5 Å². The minimum atomic E-state index is -0.530. The fourth-order valence-corrected chi connectivity index (χ4v) is 4.02. The fraction of sp³-hybridized carbons (Fsp3) is 0.190. The van der Waals surface area contributed by atoms with Crippen LogP contribution in [-0.4, -0.2) is 34.0 Å². The van der Waals surface area contributed by atoms with Crippen molar-refractivity contribution in [3.8, 4) is 5.75 Å². The second-order valence-electron chi connectivity index (χ2n) is 6.61. The molecule has 7 nitrogen and oxygen atoms in total. The second-order valence-corrected chi connectivity index (χ2v) is 7.79. The highest BCUT2D eigenvalue weighted by atomic mass is 35.5. The summed E-state index contributed by atoms with van der Waals surface area (Å²) in [5, 5.41) is 11.9. The molecule has 4 rings (SSSR count).